The molecular weight excluding hydrogens is 367 g/mol. The van der Waals surface area contributed by atoms with Gasteiger partial charge in [0.1, 0.15) is 5.82 Å². The molecule has 2 aromatic rings. The molecule has 2 N–H and O–H groups in total. The number of likely N-dealkylation sites (N-methyl/N-ethyl adjacent to an activating group) is 1. The van der Waals surface area contributed by atoms with Gasteiger partial charge in [0.15, 0.2) is 0 Å². The molecule has 1 aliphatic carbocycles. The molecule has 0 radical (unpaired) electrons. The maximum Gasteiger partial charge on any atom is 0.238 e. The van der Waals surface area contributed by atoms with Crippen molar-refractivity contribution < 1.29 is 14.3 Å². The molecule has 0 unspecified atom stereocenters. The summed E-state index contributed by atoms with van der Waals surface area (Å²) < 4.78 is 14.2. The fourth-order valence-corrected chi connectivity index (χ4v) is 5.07. The quantitative estimate of drug-likeness (QED) is 0.773. The van der Waals surface area contributed by atoms with Gasteiger partial charge in [-0.05, 0) is 48.7 Å². The summed E-state index contributed by atoms with van der Waals surface area (Å²) in [5, 5.41) is 14.3. The molecule has 2 atom stereocenters. The van der Waals surface area contributed by atoms with E-state index < -0.39 is 17.6 Å². The first-order valence-electron chi connectivity index (χ1n) is 10.7. The summed E-state index contributed by atoms with van der Waals surface area (Å²) in [7, 11) is 0. The number of aliphatic hydroxyl groups excluding tert-OH is 1. The van der Waals surface area contributed by atoms with Gasteiger partial charge in [-0.15, -0.1) is 0 Å². The number of halogens is 1. The van der Waals surface area contributed by atoms with Gasteiger partial charge >= 0.3 is 0 Å². The number of carbonyl (C=O) groups excluding carboxylic acids is 1. The zero-order chi connectivity index (χ0) is 20.4. The predicted molar refractivity (Wildman–Crippen MR) is 112 cm³/mol. The number of hydrogen-bond donors (Lipinski definition) is 2. The third kappa shape index (κ3) is 3.47. The first-order chi connectivity index (χ1) is 14.1. The summed E-state index contributed by atoms with van der Waals surface area (Å²) in [6, 6.07) is 13.8. The minimum atomic E-state index is -0.780. The lowest BCUT2D eigenvalue weighted by Gasteiger charge is -2.36. The van der Waals surface area contributed by atoms with E-state index in [1.54, 1.807) is 11.0 Å². The first kappa shape index (κ1) is 20.0. The van der Waals surface area contributed by atoms with E-state index in [4.69, 9.17) is 0 Å². The van der Waals surface area contributed by atoms with Gasteiger partial charge in [-0.3, -0.25) is 4.79 Å². The number of nitrogens with one attached hydrogen (secondary N) is 1. The molecule has 1 saturated carbocycles. The molecule has 2 aromatic carbocycles. The maximum atomic E-state index is 14.2. The van der Waals surface area contributed by atoms with E-state index in [1.807, 2.05) is 37.3 Å². The fraction of sp³-hybridized carbons (Fsp3) is 0.458. The van der Waals surface area contributed by atoms with Crippen LogP contribution in [-0.2, 0) is 10.2 Å². The third-order valence-electron chi connectivity index (χ3n) is 6.46. The van der Waals surface area contributed by atoms with Crippen molar-refractivity contribution in [3.8, 4) is 0 Å². The van der Waals surface area contributed by atoms with Crippen molar-refractivity contribution in [3.63, 3.8) is 0 Å². The van der Waals surface area contributed by atoms with E-state index >= 15 is 0 Å². The highest BCUT2D eigenvalue weighted by molar-refractivity contribution is 6.08. The van der Waals surface area contributed by atoms with Crippen molar-refractivity contribution in [1.29, 1.82) is 0 Å². The summed E-state index contributed by atoms with van der Waals surface area (Å²) >= 11 is 0. The van der Waals surface area contributed by atoms with Crippen molar-refractivity contribution in [1.82, 2.24) is 5.32 Å². The Labute approximate surface area is 171 Å². The number of nitrogens with zero attached hydrogens (tertiary/aromatic N) is 1. The molecule has 154 valence electrons. The fourth-order valence-electron chi connectivity index (χ4n) is 5.07. The predicted octanol–water partition coefficient (Wildman–Crippen LogP) is 4.09. The second-order valence-electron chi connectivity index (χ2n) is 8.21. The smallest absolute Gasteiger partial charge is 0.238 e. The number of amides is 1. The van der Waals surface area contributed by atoms with Crippen molar-refractivity contribution in [2.45, 2.75) is 56.6 Å². The Morgan fingerprint density at radius 3 is 2.55 bits per heavy atom. The molecule has 0 saturated heterocycles. The van der Waals surface area contributed by atoms with Crippen molar-refractivity contribution >= 4 is 11.6 Å². The number of aliphatic hydroxyl groups is 1. The van der Waals surface area contributed by atoms with Gasteiger partial charge in [0, 0.05) is 12.2 Å². The van der Waals surface area contributed by atoms with E-state index in [9.17, 15) is 14.3 Å². The van der Waals surface area contributed by atoms with E-state index in [0.717, 1.165) is 55.5 Å². The number of carbonyl (C=O) groups is 1. The lowest BCUT2D eigenvalue weighted by molar-refractivity contribution is -0.125. The zero-order valence-corrected chi connectivity index (χ0v) is 16.9. The molecule has 1 aliphatic heterocycles. The summed E-state index contributed by atoms with van der Waals surface area (Å²) in [6.07, 6.45) is 3.73. The van der Waals surface area contributed by atoms with Crippen LogP contribution < -0.4 is 10.2 Å². The van der Waals surface area contributed by atoms with E-state index in [2.05, 4.69) is 5.32 Å². The molecule has 29 heavy (non-hydrogen) atoms. The van der Waals surface area contributed by atoms with Gasteiger partial charge in [0.2, 0.25) is 5.91 Å². The van der Waals surface area contributed by atoms with Crippen LogP contribution >= 0.6 is 0 Å². The Morgan fingerprint density at radius 1 is 1.14 bits per heavy atom. The number of rotatable bonds is 6. The zero-order valence-electron chi connectivity index (χ0n) is 16.9. The highest BCUT2D eigenvalue weighted by Crippen LogP contribution is 2.52. The van der Waals surface area contributed by atoms with Crippen LogP contribution in [-0.4, -0.2) is 30.2 Å². The third-order valence-corrected chi connectivity index (χ3v) is 6.46. The Kier molecular flexibility index (Phi) is 5.70. The maximum absolute atomic E-state index is 14.2. The Hall–Kier alpha value is -2.24. The van der Waals surface area contributed by atoms with E-state index in [-0.39, 0.29) is 11.7 Å². The molecule has 1 amide bonds. The van der Waals surface area contributed by atoms with E-state index in [0.29, 0.717) is 6.54 Å². The lowest BCUT2D eigenvalue weighted by atomic mass is 9.70. The van der Waals surface area contributed by atoms with Gasteiger partial charge in [-0.1, -0.05) is 56.5 Å². The molecule has 0 bridgehead atoms. The standard InChI is InChI=1S/C24H29FN2O2/c1-2-26-16-21(28)22(17-9-5-3-6-10-17)27-20-12-11-18(25)15-19(20)24(23(27)29)13-7-4-8-14-24/h3,5-6,9-12,15,21-22,26,28H,2,4,7-8,13-14,16H2,1H3/t21-,22+/m1/s1. The molecule has 1 fully saturated rings. The molecule has 5 heteroatoms. The molecule has 2 aliphatic rings. The number of anilines is 1. The van der Waals surface area contributed by atoms with Crippen molar-refractivity contribution in [2.24, 2.45) is 0 Å². The molecule has 4 nitrogen and oxygen atoms in total. The highest BCUT2D eigenvalue weighted by atomic mass is 19.1. The molecule has 0 aromatic heterocycles. The van der Waals surface area contributed by atoms with Crippen LogP contribution in [0, 0.1) is 5.82 Å². The van der Waals surface area contributed by atoms with Gasteiger partial charge in [0.25, 0.3) is 0 Å². The summed E-state index contributed by atoms with van der Waals surface area (Å²) in [4.78, 5) is 15.7. The Morgan fingerprint density at radius 2 is 1.86 bits per heavy atom. The van der Waals surface area contributed by atoms with Gasteiger partial charge in [0.05, 0.1) is 17.6 Å². The minimum Gasteiger partial charge on any atom is -0.389 e. The molecule has 1 heterocycles. The number of benzene rings is 2. The number of fused-ring (bicyclic) bond motifs is 2. The summed E-state index contributed by atoms with van der Waals surface area (Å²) in [5.41, 5.74) is 1.75. The van der Waals surface area contributed by atoms with Gasteiger partial charge in [-0.2, -0.15) is 0 Å². The largest absolute Gasteiger partial charge is 0.389 e. The highest BCUT2D eigenvalue weighted by Gasteiger charge is 2.53. The monoisotopic (exact) mass is 396 g/mol. The summed E-state index contributed by atoms with van der Waals surface area (Å²) in [5.74, 6) is -0.310. The minimum absolute atomic E-state index is 0.00204. The average Bonchev–Trinajstić information content (AvgIpc) is 2.96. The van der Waals surface area contributed by atoms with Crippen LogP contribution in [0.3, 0.4) is 0 Å². The van der Waals surface area contributed by atoms with Gasteiger partial charge < -0.3 is 15.3 Å². The Balaban J connectivity index is 1.83. The molecule has 1 spiro atoms. The molecular formula is C24H29FN2O2. The van der Waals surface area contributed by atoms with Gasteiger partial charge in [-0.25, -0.2) is 4.39 Å². The van der Waals surface area contributed by atoms with Crippen molar-refractivity contribution in [3.05, 3.63) is 65.5 Å². The average molecular weight is 397 g/mol. The topological polar surface area (TPSA) is 52.6 Å². The SMILES string of the molecule is CCNC[C@@H](O)[C@H](c1ccccc1)N1C(=O)C2(CCCCC2)c2cc(F)ccc21. The van der Waals surface area contributed by atoms with E-state index in [1.165, 1.54) is 12.1 Å². The van der Waals surface area contributed by atoms with Crippen LogP contribution in [0.1, 0.15) is 56.2 Å². The Bertz CT molecular complexity index is 864. The van der Waals surface area contributed by atoms with Crippen LogP contribution in [0.4, 0.5) is 10.1 Å². The van der Waals surface area contributed by atoms with Crippen LogP contribution in [0.5, 0.6) is 0 Å². The summed E-state index contributed by atoms with van der Waals surface area (Å²) in [6.45, 7) is 3.10. The van der Waals surface area contributed by atoms with Crippen LogP contribution in [0.15, 0.2) is 48.5 Å². The van der Waals surface area contributed by atoms with Crippen molar-refractivity contribution in [2.75, 3.05) is 18.0 Å². The lowest BCUT2D eigenvalue weighted by Crippen LogP contribution is -2.48. The second-order valence-corrected chi connectivity index (χ2v) is 8.21. The molecule has 4 rings (SSSR count). The van der Waals surface area contributed by atoms with Crippen LogP contribution in [0.25, 0.3) is 0 Å². The van der Waals surface area contributed by atoms with Crippen LogP contribution in [0.2, 0.25) is 0 Å². The first-order valence-corrected chi connectivity index (χ1v) is 10.7. The number of hydrogen-bond acceptors (Lipinski definition) is 3. The second kappa shape index (κ2) is 8.25. The normalized spacial score (nSPS) is 20.0.